The number of hydrogen-bond acceptors (Lipinski definition) is 3. The summed E-state index contributed by atoms with van der Waals surface area (Å²) >= 11 is 14.9. The van der Waals surface area contributed by atoms with Crippen LogP contribution >= 0.6 is 55.2 Å². The smallest absolute Gasteiger partial charge is 0.298 e. The molecule has 0 fully saturated rings. The van der Waals surface area contributed by atoms with Crippen LogP contribution in [0.4, 0.5) is 11.4 Å². The van der Waals surface area contributed by atoms with Crippen LogP contribution in [-0.2, 0) is 0 Å². The summed E-state index contributed by atoms with van der Waals surface area (Å²) in [7, 11) is 0. The lowest BCUT2D eigenvalue weighted by Crippen LogP contribution is -2.28. The van der Waals surface area contributed by atoms with E-state index in [2.05, 4.69) is 31.9 Å². The lowest BCUT2D eigenvalue weighted by Gasteiger charge is -2.30. The molecule has 3 nitrogen and oxygen atoms in total. The predicted octanol–water partition coefficient (Wildman–Crippen LogP) is 8.57. The number of benzene rings is 3. The highest BCUT2D eigenvalue weighted by atomic mass is 79.9. The molecule has 1 aromatic heterocycles. The molecule has 0 aliphatic carbocycles. The van der Waals surface area contributed by atoms with E-state index in [0.29, 0.717) is 10.8 Å². The molecule has 30 heavy (non-hydrogen) atoms. The molecule has 0 atom stereocenters. The fraction of sp³-hybridized carbons (Fsp3) is 0. The van der Waals surface area contributed by atoms with E-state index < -0.39 is 0 Å². The highest BCUT2D eigenvalue weighted by molar-refractivity contribution is 9.11. The third kappa shape index (κ3) is 3.52. The van der Waals surface area contributed by atoms with Crippen molar-refractivity contribution in [1.82, 2.24) is 0 Å². The van der Waals surface area contributed by atoms with E-state index in [4.69, 9.17) is 16.0 Å². The zero-order valence-corrected chi connectivity index (χ0v) is 20.0. The molecule has 0 saturated heterocycles. The number of hydrogen-bond donors (Lipinski definition) is 0. The van der Waals surface area contributed by atoms with Crippen molar-refractivity contribution in [1.29, 1.82) is 0 Å². The average Bonchev–Trinajstić information content (AvgIpc) is 3.21. The molecule has 0 bridgehead atoms. The van der Waals surface area contributed by atoms with Crippen LogP contribution in [0.1, 0.15) is 10.6 Å². The standard InChI is InChI=1S/C23H12Br2ClNO2S/c24-13-5-7-15(16(25)11-13)19-8-9-20(29-19)23(28)27-17-3-1-2-4-21(17)30-22-10-6-14(26)12-18(22)27/h1-12H. The normalized spacial score (nSPS) is 12.4. The Labute approximate surface area is 199 Å². The molecule has 3 aromatic carbocycles. The van der Waals surface area contributed by atoms with Crippen LogP contribution in [0.5, 0.6) is 0 Å². The number of carbonyl (C=O) groups excluding carboxylic acids is 1. The summed E-state index contributed by atoms with van der Waals surface area (Å²) in [5.74, 6) is 0.627. The van der Waals surface area contributed by atoms with Crippen LogP contribution in [0.15, 0.2) is 95.9 Å². The van der Waals surface area contributed by atoms with Gasteiger partial charge in [-0.15, -0.1) is 0 Å². The van der Waals surface area contributed by atoms with Crippen molar-refractivity contribution < 1.29 is 9.21 Å². The molecule has 7 heteroatoms. The number of furan rings is 1. The summed E-state index contributed by atoms with van der Waals surface area (Å²) in [6.45, 7) is 0. The SMILES string of the molecule is O=C(c1ccc(-c2ccc(Br)cc2Br)o1)N1c2ccccc2Sc2ccc(Cl)cc21. The quantitative estimate of drug-likeness (QED) is 0.246. The van der Waals surface area contributed by atoms with Gasteiger partial charge in [0, 0.05) is 29.3 Å². The summed E-state index contributed by atoms with van der Waals surface area (Å²) in [4.78, 5) is 17.2. The lowest BCUT2D eigenvalue weighted by molar-refractivity contribution is 0.0972. The predicted molar refractivity (Wildman–Crippen MR) is 128 cm³/mol. The Morgan fingerprint density at radius 2 is 1.70 bits per heavy atom. The summed E-state index contributed by atoms with van der Waals surface area (Å²) < 4.78 is 7.82. The molecule has 1 amide bonds. The van der Waals surface area contributed by atoms with Crippen molar-refractivity contribution >= 4 is 72.5 Å². The molecule has 0 N–H and O–H groups in total. The van der Waals surface area contributed by atoms with Crippen molar-refractivity contribution in [2.24, 2.45) is 0 Å². The van der Waals surface area contributed by atoms with Gasteiger partial charge in [-0.3, -0.25) is 9.69 Å². The van der Waals surface area contributed by atoms with Crippen molar-refractivity contribution in [3.63, 3.8) is 0 Å². The van der Waals surface area contributed by atoms with E-state index in [1.54, 1.807) is 22.7 Å². The Kier molecular flexibility index (Phi) is 5.27. The second-order valence-corrected chi connectivity index (χ2v) is 9.90. The van der Waals surface area contributed by atoms with Crippen LogP contribution in [0.25, 0.3) is 11.3 Å². The van der Waals surface area contributed by atoms with Gasteiger partial charge >= 0.3 is 0 Å². The minimum Gasteiger partial charge on any atom is -0.451 e. The van der Waals surface area contributed by atoms with Crippen molar-refractivity contribution in [2.75, 3.05) is 4.90 Å². The molecule has 4 aromatic rings. The van der Waals surface area contributed by atoms with E-state index in [-0.39, 0.29) is 11.7 Å². The summed E-state index contributed by atoms with van der Waals surface area (Å²) in [6.07, 6.45) is 0. The molecule has 1 aliphatic rings. The molecule has 5 rings (SSSR count). The van der Waals surface area contributed by atoms with E-state index in [9.17, 15) is 4.79 Å². The Balaban J connectivity index is 1.59. The summed E-state index contributed by atoms with van der Waals surface area (Å²) in [5.41, 5.74) is 2.43. The topological polar surface area (TPSA) is 33.5 Å². The zero-order chi connectivity index (χ0) is 20.8. The van der Waals surface area contributed by atoms with Crippen LogP contribution in [0, 0.1) is 0 Å². The van der Waals surface area contributed by atoms with Gasteiger partial charge in [0.2, 0.25) is 0 Å². The maximum atomic E-state index is 13.6. The second-order valence-electron chi connectivity index (χ2n) is 6.61. The van der Waals surface area contributed by atoms with Crippen LogP contribution in [-0.4, -0.2) is 5.91 Å². The maximum absolute atomic E-state index is 13.6. The van der Waals surface area contributed by atoms with E-state index in [1.165, 1.54) is 0 Å². The average molecular weight is 562 g/mol. The maximum Gasteiger partial charge on any atom is 0.298 e. The molecule has 2 heterocycles. The molecule has 0 radical (unpaired) electrons. The largest absolute Gasteiger partial charge is 0.451 e. The lowest BCUT2D eigenvalue weighted by atomic mass is 10.2. The second kappa shape index (κ2) is 7.93. The Morgan fingerprint density at radius 1 is 0.900 bits per heavy atom. The van der Waals surface area contributed by atoms with Gasteiger partial charge in [-0.05, 0) is 76.6 Å². The van der Waals surface area contributed by atoms with Crippen LogP contribution < -0.4 is 4.90 Å². The van der Waals surface area contributed by atoms with Gasteiger partial charge < -0.3 is 4.42 Å². The fourth-order valence-corrected chi connectivity index (χ4v) is 5.79. The number of halogens is 3. The van der Waals surface area contributed by atoms with Crippen LogP contribution in [0.3, 0.4) is 0 Å². The van der Waals surface area contributed by atoms with Gasteiger partial charge in [-0.2, -0.15) is 0 Å². The zero-order valence-electron chi connectivity index (χ0n) is 15.2. The van der Waals surface area contributed by atoms with Crippen molar-refractivity contribution in [2.45, 2.75) is 9.79 Å². The van der Waals surface area contributed by atoms with Crippen LogP contribution in [0.2, 0.25) is 5.02 Å². The van der Waals surface area contributed by atoms with E-state index >= 15 is 0 Å². The molecule has 148 valence electrons. The molecular formula is C23H12Br2ClNO2S. The Morgan fingerprint density at radius 3 is 2.53 bits per heavy atom. The van der Waals surface area contributed by atoms with Gasteiger partial charge in [0.15, 0.2) is 5.76 Å². The monoisotopic (exact) mass is 559 g/mol. The van der Waals surface area contributed by atoms with Gasteiger partial charge in [0.25, 0.3) is 5.91 Å². The highest BCUT2D eigenvalue weighted by Gasteiger charge is 2.31. The summed E-state index contributed by atoms with van der Waals surface area (Å²) in [5, 5.41) is 0.574. The Hall–Kier alpha value is -1.99. The molecular weight excluding hydrogens is 550 g/mol. The molecule has 0 spiro atoms. The highest BCUT2D eigenvalue weighted by Crippen LogP contribution is 2.49. The first kappa shape index (κ1) is 19.9. The number of anilines is 2. The van der Waals surface area contributed by atoms with Gasteiger partial charge in [0.1, 0.15) is 5.76 Å². The minimum atomic E-state index is -0.245. The third-order valence-corrected chi connectivity index (χ3v) is 7.22. The number of rotatable bonds is 2. The summed E-state index contributed by atoms with van der Waals surface area (Å²) in [6, 6.07) is 22.7. The van der Waals surface area contributed by atoms with Crippen molar-refractivity contribution in [3.05, 3.63) is 92.5 Å². The number of carbonyl (C=O) groups is 1. The molecule has 0 unspecified atom stereocenters. The van der Waals surface area contributed by atoms with E-state index in [0.717, 1.165) is 35.7 Å². The van der Waals surface area contributed by atoms with E-state index in [1.807, 2.05) is 66.7 Å². The van der Waals surface area contributed by atoms with Crippen molar-refractivity contribution in [3.8, 4) is 11.3 Å². The first-order valence-corrected chi connectivity index (χ1v) is 11.8. The third-order valence-electron chi connectivity index (χ3n) is 4.70. The number of nitrogens with zero attached hydrogens (tertiary/aromatic N) is 1. The molecule has 0 saturated carbocycles. The Bertz CT molecular complexity index is 1300. The van der Waals surface area contributed by atoms with Gasteiger partial charge in [0.05, 0.1) is 11.4 Å². The van der Waals surface area contributed by atoms with Gasteiger partial charge in [-0.25, -0.2) is 0 Å². The minimum absolute atomic E-state index is 0.245. The van der Waals surface area contributed by atoms with Gasteiger partial charge in [-0.1, -0.05) is 51.4 Å². The number of amides is 1. The first-order valence-electron chi connectivity index (χ1n) is 8.97. The fourth-order valence-electron chi connectivity index (χ4n) is 3.34. The molecule has 1 aliphatic heterocycles. The number of fused-ring (bicyclic) bond motifs is 2. The first-order chi connectivity index (χ1) is 14.5. The number of para-hydroxylation sites is 1.